The van der Waals surface area contributed by atoms with Crippen LogP contribution in [0.15, 0.2) is 85.2 Å². The Morgan fingerprint density at radius 3 is 1.34 bits per heavy atom. The first kappa shape index (κ1) is 96.2. The standard InChI is InChI=1S/C39H49N11O10S2.C37H52N10O10S2/c1-20-39(60)50(13-11-23-17-43-26-6-4-3-5-25(23)26)21(2)36(57)49-29(35(42)56)19-62-61-14-12-30(51)47-27(15-31(52)46-24-9-7-22(8-10-24)34(40)41)37(58)44-18-32(53)48-28(16-33(54)55)38(59)45-20;1-20-37(57)47(13-9-23-16-40-25-6-4-3-5-24(23)25)21(2)33(53)46-28(32(38)52)19-59-58-14-10-29(48)45-27(17-41-34(54)22-7-11-39-12-8-22)35(55)42-18-30(49)44-26(15-31(50)51)36(56)43-20/h3-10,17,20-21,27-29,43H,11-16,18-19H2,1-2H3,(H3,40,41)(H2,42,56)(H,44,58)(H,45,59)(H,46,52)(H,47,51)(H,48,53)(H,49,57)(H,54,55);3-6,16,20-22,26-28,39-40H,7-15,17-19H2,1-2H3,(H2,38,52)(H,41,54)(H,42,55)(H,43,56)(H,44,49)(H,45,48)(H,46,53)(H,50,51)/t20-,21-,27-,28?,29?;20-,21-,26?,27-,28?/m00/s1. The lowest BCUT2D eigenvalue weighted by Gasteiger charge is -2.32. The molecule has 0 spiro atoms. The Bertz CT molecular complexity index is 4620. The van der Waals surface area contributed by atoms with Gasteiger partial charge in [-0.3, -0.25) is 91.7 Å². The minimum atomic E-state index is -1.74. The predicted octanol–water partition coefficient (Wildman–Crippen LogP) is -3.08. The van der Waals surface area contributed by atoms with Crippen LogP contribution >= 0.6 is 43.2 Å². The molecule has 3 aliphatic rings. The van der Waals surface area contributed by atoms with Crippen LogP contribution in [0.4, 0.5) is 5.69 Å². The molecule has 0 radical (unpaired) electrons. The molecule has 45 heteroatoms. The van der Waals surface area contributed by atoms with Gasteiger partial charge in [0, 0.05) is 107 Å². The number of hydrogen-bond acceptors (Lipinski definition) is 24. The van der Waals surface area contributed by atoms with Crippen molar-refractivity contribution < 1.29 is 96.5 Å². The number of carbonyl (C=O) groups excluding carboxylic acids is 16. The Morgan fingerprint density at radius 2 is 0.909 bits per heavy atom. The molecule has 0 aliphatic carbocycles. The van der Waals surface area contributed by atoms with Crippen LogP contribution in [0.2, 0.25) is 0 Å². The van der Waals surface area contributed by atoms with Crippen LogP contribution in [0, 0.1) is 11.3 Å². The number of carbonyl (C=O) groups is 18. The highest BCUT2D eigenvalue weighted by molar-refractivity contribution is 8.77. The number of nitrogen functional groups attached to an aromatic ring is 1. The van der Waals surface area contributed by atoms with Gasteiger partial charge in [0.25, 0.3) is 0 Å². The summed E-state index contributed by atoms with van der Waals surface area (Å²) in [5.41, 5.74) is 20.8. The number of carboxylic acid groups (broad SMARTS) is 2. The summed E-state index contributed by atoms with van der Waals surface area (Å²) in [4.78, 5) is 244. The fourth-order valence-electron chi connectivity index (χ4n) is 12.6. The summed E-state index contributed by atoms with van der Waals surface area (Å²) in [6.07, 6.45) is 2.60. The Balaban J connectivity index is 0.000000334. The van der Waals surface area contributed by atoms with Crippen LogP contribution in [0.25, 0.3) is 21.8 Å². The average Bonchev–Trinajstić information content (AvgIpc) is 1.72. The number of aromatic amines is 2. The predicted molar refractivity (Wildman–Crippen MR) is 450 cm³/mol. The molecule has 3 aliphatic heterocycles. The molecule has 3 saturated heterocycles. The van der Waals surface area contributed by atoms with E-state index in [4.69, 9.17) is 22.6 Å². The highest BCUT2D eigenvalue weighted by Gasteiger charge is 2.38. The molecule has 3 fully saturated rings. The summed E-state index contributed by atoms with van der Waals surface area (Å²) in [5.74, 6) is -15.8. The normalized spacial score (nSPS) is 22.9. The maximum atomic E-state index is 14.1. The Labute approximate surface area is 709 Å². The molecule has 0 bridgehead atoms. The number of carboxylic acids is 2. The lowest BCUT2D eigenvalue weighted by atomic mass is 9.97. The number of benzene rings is 3. The van der Waals surface area contributed by atoms with Crippen molar-refractivity contribution in [3.8, 4) is 0 Å². The maximum absolute atomic E-state index is 14.1. The molecule has 10 atom stereocenters. The number of primary amides is 2. The number of para-hydroxylation sites is 2. The summed E-state index contributed by atoms with van der Waals surface area (Å²) >= 11 is 0. The van der Waals surface area contributed by atoms with Gasteiger partial charge in [0.1, 0.15) is 66.3 Å². The first-order valence-corrected chi connectivity index (χ1v) is 43.4. The second-order valence-electron chi connectivity index (χ2n) is 28.4. The van der Waals surface area contributed by atoms with Gasteiger partial charge in [-0.25, -0.2) is 0 Å². The Morgan fingerprint density at radius 1 is 0.496 bits per heavy atom. The minimum Gasteiger partial charge on any atom is -0.481 e. The second kappa shape index (κ2) is 47.7. The van der Waals surface area contributed by atoms with Gasteiger partial charge in [0.2, 0.25) is 94.5 Å². The number of rotatable bonds is 19. The van der Waals surface area contributed by atoms with E-state index in [0.29, 0.717) is 37.2 Å². The van der Waals surface area contributed by atoms with E-state index in [1.807, 2.05) is 48.5 Å². The number of hydrogen-bond donors (Lipinski definition) is 21. The first-order valence-electron chi connectivity index (χ1n) is 38.5. The molecule has 4 unspecified atom stereocenters. The smallest absolute Gasteiger partial charge is 0.305 e. The number of fused-ring (bicyclic) bond motifs is 2. The SMILES string of the molecule is C[C@@H]1NC(=O)C(CC(=O)O)NC(=O)CNC(=O)[C@H](CC(=O)Nc2ccc(C(=N)N)cc2)NC(=O)CCSSCC(C(N)=O)NC(=O)[C@H](C)N(CCc2c[nH]c3ccccc23)C1=O.C[C@@H]1NC(=O)C(CC(=O)O)NC(=O)CNC(=O)[C@H](CNC(=O)C2CCNCC2)NC(=O)CCSSCC(C(N)=O)NC(=O)[C@H](C)N(CCc2c[nH]c3ccccc23)C1=O. The van der Waals surface area contributed by atoms with Gasteiger partial charge < -0.3 is 116 Å². The van der Waals surface area contributed by atoms with Gasteiger partial charge in [-0.05, 0) is 114 Å². The van der Waals surface area contributed by atoms with Crippen molar-refractivity contribution >= 4 is 183 Å². The van der Waals surface area contributed by atoms with E-state index in [9.17, 15) is 96.5 Å². The van der Waals surface area contributed by atoms with E-state index in [1.54, 1.807) is 12.4 Å². The number of H-pyrrole nitrogens is 2. The highest BCUT2D eigenvalue weighted by Crippen LogP contribution is 2.26. The fourth-order valence-corrected chi connectivity index (χ4v) is 17.0. The minimum absolute atomic E-state index is 0.00949. The molecular weight excluding hydrogens is 1660 g/mol. The first-order chi connectivity index (χ1) is 57.6. The van der Waals surface area contributed by atoms with E-state index in [-0.39, 0.29) is 86.0 Å². The summed E-state index contributed by atoms with van der Waals surface area (Å²) in [6, 6.07) is 7.17. The molecule has 0 saturated carbocycles. The molecule has 5 heterocycles. The molecule has 24 N–H and O–H groups in total. The third kappa shape index (κ3) is 30.7. The number of amidine groups is 1. The van der Waals surface area contributed by atoms with E-state index in [1.165, 1.54) is 72.6 Å². The van der Waals surface area contributed by atoms with E-state index in [2.05, 4.69) is 79.1 Å². The van der Waals surface area contributed by atoms with Gasteiger partial charge in [-0.2, -0.15) is 0 Å². The number of piperidine rings is 1. The van der Waals surface area contributed by atoms with Crippen LogP contribution < -0.4 is 86.3 Å². The monoisotopic (exact) mass is 1760 g/mol. The maximum Gasteiger partial charge on any atom is 0.305 e. The number of aliphatic carboxylic acids is 2. The zero-order valence-corrected chi connectivity index (χ0v) is 69.8. The molecule has 3 aromatic carbocycles. The summed E-state index contributed by atoms with van der Waals surface area (Å²) in [7, 11) is 4.65. The largest absolute Gasteiger partial charge is 0.481 e. The van der Waals surface area contributed by atoms with Crippen LogP contribution in [0.5, 0.6) is 0 Å². The van der Waals surface area contributed by atoms with Gasteiger partial charge in [0.05, 0.1) is 32.4 Å². The lowest BCUT2D eigenvalue weighted by molar-refractivity contribution is -0.144. The van der Waals surface area contributed by atoms with Crippen molar-refractivity contribution in [3.63, 3.8) is 0 Å². The highest BCUT2D eigenvalue weighted by atomic mass is 33.1. The van der Waals surface area contributed by atoms with Crippen LogP contribution in [-0.4, -0.2) is 272 Å². The van der Waals surface area contributed by atoms with E-state index < -0.39 is 193 Å². The van der Waals surface area contributed by atoms with Crippen molar-refractivity contribution in [2.24, 2.45) is 23.1 Å². The molecule has 654 valence electrons. The summed E-state index contributed by atoms with van der Waals surface area (Å²) < 4.78 is 0. The number of nitrogens with one attached hydrogen (secondary N) is 16. The van der Waals surface area contributed by atoms with Crippen LogP contribution in [-0.2, 0) is 99.1 Å². The number of nitrogens with two attached hydrogens (primary N) is 3. The van der Waals surface area contributed by atoms with E-state index in [0.717, 1.165) is 65.3 Å². The van der Waals surface area contributed by atoms with Crippen molar-refractivity contribution in [1.29, 1.82) is 5.41 Å². The second-order valence-corrected chi connectivity index (χ2v) is 33.6. The van der Waals surface area contributed by atoms with Crippen molar-refractivity contribution in [2.75, 3.05) is 74.1 Å². The molecule has 121 heavy (non-hydrogen) atoms. The molecule has 5 aromatic rings. The molecular formula is C76H101N21O20S4. The van der Waals surface area contributed by atoms with Crippen LogP contribution in [0.3, 0.4) is 0 Å². The Hall–Kier alpha value is -12.0. The lowest BCUT2D eigenvalue weighted by Crippen LogP contribution is -2.59. The zero-order valence-electron chi connectivity index (χ0n) is 66.6. The summed E-state index contributed by atoms with van der Waals surface area (Å²) in [5, 5.41) is 61.1. The third-order valence-electron chi connectivity index (χ3n) is 19.4. The van der Waals surface area contributed by atoms with Crippen molar-refractivity contribution in [2.45, 2.75) is 146 Å². The molecule has 2 aromatic heterocycles. The number of anilines is 1. The van der Waals surface area contributed by atoms with Gasteiger partial charge in [0.15, 0.2) is 0 Å². The number of aromatic nitrogens is 2. The fraction of sp³-hybridized carbons (Fsp3) is 0.461. The topological polar surface area (TPSA) is 644 Å². The molecule has 16 amide bonds. The third-order valence-corrected chi connectivity index (χ3v) is 24.2. The van der Waals surface area contributed by atoms with Gasteiger partial charge >= 0.3 is 11.9 Å². The Kier molecular flexibility index (Phi) is 37.9. The zero-order chi connectivity index (χ0) is 88.6. The van der Waals surface area contributed by atoms with Crippen LogP contribution in [0.1, 0.15) is 89.3 Å². The molecule has 41 nitrogen and oxygen atoms in total. The van der Waals surface area contributed by atoms with Crippen molar-refractivity contribution in [1.82, 2.24) is 83.6 Å². The van der Waals surface area contributed by atoms with Gasteiger partial charge in [-0.1, -0.05) is 79.6 Å². The van der Waals surface area contributed by atoms with Gasteiger partial charge in [-0.15, -0.1) is 0 Å². The van der Waals surface area contributed by atoms with Crippen molar-refractivity contribution in [3.05, 3.63) is 102 Å². The average molecular weight is 1760 g/mol. The quantitative estimate of drug-likeness (QED) is 0.0221. The van der Waals surface area contributed by atoms with E-state index >= 15 is 0 Å². The number of amides is 16. The number of nitrogens with zero attached hydrogens (tertiary/aromatic N) is 2. The summed E-state index contributed by atoms with van der Waals surface area (Å²) in [6.45, 7) is 4.96. The molecule has 8 rings (SSSR count).